The quantitative estimate of drug-likeness (QED) is 0.891. The van der Waals surface area contributed by atoms with Crippen molar-refractivity contribution in [3.05, 3.63) is 29.8 Å². The van der Waals surface area contributed by atoms with E-state index in [0.717, 1.165) is 11.3 Å². The third-order valence-electron chi connectivity index (χ3n) is 3.40. The highest BCUT2D eigenvalue weighted by Gasteiger charge is 2.41. The lowest BCUT2D eigenvalue weighted by Crippen LogP contribution is -2.39. The molecule has 0 saturated carbocycles. The molecular formula is C15H22N2O2. The van der Waals surface area contributed by atoms with Crippen molar-refractivity contribution in [1.82, 2.24) is 5.32 Å². The fourth-order valence-electron chi connectivity index (χ4n) is 2.27. The van der Waals surface area contributed by atoms with Crippen molar-refractivity contribution >= 4 is 6.02 Å². The Morgan fingerprint density at radius 1 is 1.21 bits per heavy atom. The van der Waals surface area contributed by atoms with Gasteiger partial charge < -0.3 is 14.8 Å². The SMILES string of the molecule is CN=C1N[C@H](C(C)(C)C)[C@H](c2ccc(OC)cc2)O1. The first kappa shape index (κ1) is 13.7. The van der Waals surface area contributed by atoms with E-state index < -0.39 is 0 Å². The normalized spacial score (nSPS) is 25.0. The zero-order chi connectivity index (χ0) is 14.0. The minimum atomic E-state index is -0.0235. The predicted molar refractivity (Wildman–Crippen MR) is 76.6 cm³/mol. The Morgan fingerprint density at radius 2 is 1.84 bits per heavy atom. The molecule has 4 heteroatoms. The molecule has 0 spiro atoms. The van der Waals surface area contributed by atoms with E-state index in [9.17, 15) is 0 Å². The van der Waals surface area contributed by atoms with Gasteiger partial charge in [0, 0.05) is 7.05 Å². The summed E-state index contributed by atoms with van der Waals surface area (Å²) in [7, 11) is 3.40. The number of ether oxygens (including phenoxy) is 2. The number of amidine groups is 1. The number of nitrogens with zero attached hydrogens (tertiary/aromatic N) is 1. The van der Waals surface area contributed by atoms with Crippen molar-refractivity contribution in [2.24, 2.45) is 10.4 Å². The fourth-order valence-corrected chi connectivity index (χ4v) is 2.27. The van der Waals surface area contributed by atoms with Crippen molar-refractivity contribution in [3.63, 3.8) is 0 Å². The van der Waals surface area contributed by atoms with Gasteiger partial charge in [-0.2, -0.15) is 0 Å². The zero-order valence-electron chi connectivity index (χ0n) is 12.2. The minimum Gasteiger partial charge on any atom is -0.497 e. The summed E-state index contributed by atoms with van der Waals surface area (Å²) in [6.07, 6.45) is -0.0235. The number of nitrogens with one attached hydrogen (secondary N) is 1. The molecule has 2 atom stereocenters. The molecule has 19 heavy (non-hydrogen) atoms. The van der Waals surface area contributed by atoms with Crippen molar-refractivity contribution in [2.75, 3.05) is 14.2 Å². The van der Waals surface area contributed by atoms with Gasteiger partial charge in [-0.05, 0) is 23.1 Å². The molecule has 0 radical (unpaired) electrons. The summed E-state index contributed by atoms with van der Waals surface area (Å²) >= 11 is 0. The summed E-state index contributed by atoms with van der Waals surface area (Å²) in [5, 5.41) is 3.35. The Bertz CT molecular complexity index is 460. The van der Waals surface area contributed by atoms with Gasteiger partial charge in [-0.3, -0.25) is 0 Å². The first-order valence-electron chi connectivity index (χ1n) is 6.49. The highest BCUT2D eigenvalue weighted by atomic mass is 16.5. The van der Waals surface area contributed by atoms with Crippen LogP contribution in [0.1, 0.15) is 32.4 Å². The van der Waals surface area contributed by atoms with Gasteiger partial charge in [-0.1, -0.05) is 32.9 Å². The standard InChI is InChI=1S/C15H22N2O2/c1-15(2,3)13-12(19-14(16-4)17-13)10-6-8-11(18-5)9-7-10/h6-9,12-13H,1-5H3,(H,16,17)/t12-,13-/m0/s1. The molecule has 1 aliphatic heterocycles. The molecule has 0 amide bonds. The monoisotopic (exact) mass is 262 g/mol. The molecule has 2 rings (SSSR count). The summed E-state index contributed by atoms with van der Waals surface area (Å²) in [6.45, 7) is 6.59. The van der Waals surface area contributed by atoms with E-state index in [1.807, 2.05) is 24.3 Å². The van der Waals surface area contributed by atoms with Gasteiger partial charge in [0.15, 0.2) is 0 Å². The van der Waals surface area contributed by atoms with Gasteiger partial charge in [0.05, 0.1) is 13.2 Å². The van der Waals surface area contributed by atoms with Crippen molar-refractivity contribution < 1.29 is 9.47 Å². The highest BCUT2D eigenvalue weighted by molar-refractivity contribution is 5.76. The second-order valence-corrected chi connectivity index (χ2v) is 5.83. The molecular weight excluding hydrogens is 240 g/mol. The average molecular weight is 262 g/mol. The van der Waals surface area contributed by atoms with Crippen LogP contribution in [0.3, 0.4) is 0 Å². The number of rotatable bonds is 2. The molecule has 1 fully saturated rings. The second-order valence-electron chi connectivity index (χ2n) is 5.83. The molecule has 104 valence electrons. The van der Waals surface area contributed by atoms with E-state index in [1.54, 1.807) is 14.2 Å². The van der Waals surface area contributed by atoms with Gasteiger partial charge in [-0.25, -0.2) is 4.99 Å². The third-order valence-corrected chi connectivity index (χ3v) is 3.40. The summed E-state index contributed by atoms with van der Waals surface area (Å²) in [5.41, 5.74) is 1.21. The molecule has 4 nitrogen and oxygen atoms in total. The summed E-state index contributed by atoms with van der Waals surface area (Å²) < 4.78 is 11.1. The number of aliphatic imine (C=N–C) groups is 1. The fraction of sp³-hybridized carbons (Fsp3) is 0.533. The average Bonchev–Trinajstić information content (AvgIpc) is 2.83. The number of benzene rings is 1. The van der Waals surface area contributed by atoms with Crippen LogP contribution < -0.4 is 10.1 Å². The Hall–Kier alpha value is -1.71. The lowest BCUT2D eigenvalue weighted by molar-refractivity contribution is 0.144. The maximum Gasteiger partial charge on any atom is 0.285 e. The molecule has 0 aliphatic carbocycles. The summed E-state index contributed by atoms with van der Waals surface area (Å²) in [5.74, 6) is 0.853. The molecule has 1 saturated heterocycles. The molecule has 0 unspecified atom stereocenters. The summed E-state index contributed by atoms with van der Waals surface area (Å²) in [4.78, 5) is 4.12. The van der Waals surface area contributed by atoms with Crippen LogP contribution in [-0.4, -0.2) is 26.2 Å². The summed E-state index contributed by atoms with van der Waals surface area (Å²) in [6, 6.07) is 8.81. The topological polar surface area (TPSA) is 42.9 Å². The van der Waals surface area contributed by atoms with Crippen LogP contribution in [0, 0.1) is 5.41 Å². The second kappa shape index (κ2) is 5.11. The van der Waals surface area contributed by atoms with Crippen LogP contribution in [-0.2, 0) is 4.74 Å². The van der Waals surface area contributed by atoms with Gasteiger partial charge in [-0.15, -0.1) is 0 Å². The van der Waals surface area contributed by atoms with E-state index in [2.05, 4.69) is 31.1 Å². The smallest absolute Gasteiger partial charge is 0.285 e. The molecule has 0 aromatic heterocycles. The lowest BCUT2D eigenvalue weighted by atomic mass is 9.82. The Kier molecular flexibility index (Phi) is 3.69. The van der Waals surface area contributed by atoms with E-state index in [0.29, 0.717) is 6.02 Å². The van der Waals surface area contributed by atoms with Crippen LogP contribution in [0.4, 0.5) is 0 Å². The van der Waals surface area contributed by atoms with Gasteiger partial charge in [0.2, 0.25) is 0 Å². The van der Waals surface area contributed by atoms with Gasteiger partial charge in [0.25, 0.3) is 6.02 Å². The van der Waals surface area contributed by atoms with Crippen LogP contribution in [0.15, 0.2) is 29.3 Å². The predicted octanol–water partition coefficient (Wildman–Crippen LogP) is 2.76. The van der Waals surface area contributed by atoms with Crippen LogP contribution in [0.25, 0.3) is 0 Å². The van der Waals surface area contributed by atoms with E-state index in [1.165, 1.54) is 0 Å². The number of hydrogen-bond donors (Lipinski definition) is 1. The molecule has 1 aliphatic rings. The molecule has 1 N–H and O–H groups in total. The van der Waals surface area contributed by atoms with E-state index in [-0.39, 0.29) is 17.6 Å². The molecule has 1 aromatic rings. The largest absolute Gasteiger partial charge is 0.497 e. The first-order valence-corrected chi connectivity index (χ1v) is 6.49. The Balaban J connectivity index is 2.29. The number of methoxy groups -OCH3 is 1. The lowest BCUT2D eigenvalue weighted by Gasteiger charge is -2.29. The Labute approximate surface area is 114 Å². The highest BCUT2D eigenvalue weighted by Crippen LogP contribution is 2.36. The van der Waals surface area contributed by atoms with Crippen molar-refractivity contribution in [2.45, 2.75) is 32.9 Å². The van der Waals surface area contributed by atoms with Crippen LogP contribution in [0.5, 0.6) is 5.75 Å². The first-order chi connectivity index (χ1) is 8.95. The zero-order valence-corrected chi connectivity index (χ0v) is 12.2. The number of hydrogen-bond acceptors (Lipinski definition) is 3. The Morgan fingerprint density at radius 3 is 2.32 bits per heavy atom. The maximum atomic E-state index is 5.91. The van der Waals surface area contributed by atoms with Crippen molar-refractivity contribution in [3.8, 4) is 5.75 Å². The third kappa shape index (κ3) is 2.83. The van der Waals surface area contributed by atoms with Crippen LogP contribution in [0.2, 0.25) is 0 Å². The maximum absolute atomic E-state index is 5.91. The van der Waals surface area contributed by atoms with E-state index >= 15 is 0 Å². The van der Waals surface area contributed by atoms with Gasteiger partial charge >= 0.3 is 0 Å². The molecule has 1 aromatic carbocycles. The van der Waals surface area contributed by atoms with E-state index in [4.69, 9.17) is 9.47 Å². The van der Waals surface area contributed by atoms with Crippen LogP contribution >= 0.6 is 0 Å². The van der Waals surface area contributed by atoms with Crippen molar-refractivity contribution in [1.29, 1.82) is 0 Å². The molecule has 0 bridgehead atoms. The molecule has 1 heterocycles. The minimum absolute atomic E-state index is 0.0235. The van der Waals surface area contributed by atoms with Gasteiger partial charge in [0.1, 0.15) is 11.9 Å².